The topological polar surface area (TPSA) is 95.1 Å². The zero-order valence-electron chi connectivity index (χ0n) is 13.6. The minimum atomic E-state index is -0.371. The summed E-state index contributed by atoms with van der Waals surface area (Å²) < 4.78 is 0. The van der Waals surface area contributed by atoms with E-state index in [-0.39, 0.29) is 30.5 Å². The number of aliphatic hydroxyl groups is 1. The summed E-state index contributed by atoms with van der Waals surface area (Å²) in [4.78, 5) is 24.1. The number of carbonyl (C=O) groups is 1. The maximum Gasteiger partial charge on any atom is 0.272 e. The van der Waals surface area contributed by atoms with Crippen LogP contribution in [0.3, 0.4) is 0 Å². The van der Waals surface area contributed by atoms with Crippen LogP contribution in [0.4, 0.5) is 0 Å². The molecule has 6 heteroatoms. The van der Waals surface area contributed by atoms with Crippen molar-refractivity contribution in [1.82, 2.24) is 15.5 Å². The summed E-state index contributed by atoms with van der Waals surface area (Å²) in [5.41, 5.74) is 1.26. The second-order valence-corrected chi connectivity index (χ2v) is 5.86. The Morgan fingerprint density at radius 1 is 1.08 bits per heavy atom. The lowest BCUT2D eigenvalue weighted by atomic mass is 10.1. The van der Waals surface area contributed by atoms with E-state index in [1.165, 1.54) is 0 Å². The molecule has 3 rings (SSSR count). The largest absolute Gasteiger partial charge is 0.394 e. The molecule has 2 aromatic carbocycles. The molecule has 25 heavy (non-hydrogen) atoms. The number of amides is 1. The molecule has 0 aliphatic heterocycles. The van der Waals surface area contributed by atoms with Gasteiger partial charge in [-0.3, -0.25) is 9.59 Å². The van der Waals surface area contributed by atoms with Crippen molar-refractivity contribution in [3.8, 4) is 0 Å². The van der Waals surface area contributed by atoms with Gasteiger partial charge in [0.15, 0.2) is 0 Å². The van der Waals surface area contributed by atoms with Crippen LogP contribution in [-0.4, -0.2) is 33.9 Å². The second kappa shape index (κ2) is 7.72. The van der Waals surface area contributed by atoms with Gasteiger partial charge in [0.1, 0.15) is 0 Å². The van der Waals surface area contributed by atoms with Crippen molar-refractivity contribution in [2.24, 2.45) is 0 Å². The van der Waals surface area contributed by atoms with Crippen LogP contribution in [0.25, 0.3) is 10.8 Å². The molecule has 0 aliphatic carbocycles. The highest BCUT2D eigenvalue weighted by Gasteiger charge is 2.15. The number of H-pyrrole nitrogens is 1. The smallest absolute Gasteiger partial charge is 0.272 e. The molecule has 3 aromatic rings. The van der Waals surface area contributed by atoms with Gasteiger partial charge in [-0.05, 0) is 18.1 Å². The van der Waals surface area contributed by atoms with E-state index in [1.54, 1.807) is 24.3 Å². The summed E-state index contributed by atoms with van der Waals surface area (Å²) in [5.74, 6) is -0.250. The van der Waals surface area contributed by atoms with Gasteiger partial charge in [-0.15, -0.1) is 0 Å². The number of aliphatic hydroxyl groups excluding tert-OH is 1. The first-order valence-corrected chi connectivity index (χ1v) is 8.08. The first-order chi connectivity index (χ1) is 12.2. The number of nitrogens with one attached hydrogen (secondary N) is 2. The quantitative estimate of drug-likeness (QED) is 0.629. The van der Waals surface area contributed by atoms with Gasteiger partial charge in [0, 0.05) is 5.39 Å². The molecule has 0 aliphatic rings. The van der Waals surface area contributed by atoms with E-state index in [2.05, 4.69) is 15.5 Å². The third-order valence-corrected chi connectivity index (χ3v) is 4.01. The van der Waals surface area contributed by atoms with E-state index < -0.39 is 0 Å². The third kappa shape index (κ3) is 4.10. The Balaban J connectivity index is 1.72. The molecule has 1 heterocycles. The minimum absolute atomic E-state index is 0.0303. The molecule has 0 radical (unpaired) electrons. The summed E-state index contributed by atoms with van der Waals surface area (Å²) in [7, 11) is 0. The first-order valence-electron chi connectivity index (χ1n) is 8.08. The lowest BCUT2D eigenvalue weighted by Gasteiger charge is -2.16. The minimum Gasteiger partial charge on any atom is -0.394 e. The molecule has 1 aromatic heterocycles. The maximum atomic E-state index is 12.3. The monoisotopic (exact) mass is 337 g/mol. The van der Waals surface area contributed by atoms with Crippen LogP contribution in [0.15, 0.2) is 59.4 Å². The van der Waals surface area contributed by atoms with Gasteiger partial charge in [0.05, 0.1) is 30.1 Å². The Bertz CT molecular complexity index is 922. The normalized spacial score (nSPS) is 12.0. The summed E-state index contributed by atoms with van der Waals surface area (Å²) >= 11 is 0. The SMILES string of the molecule is O=C(Cc1n[nH]c(=O)c2ccccc12)NC(CO)Cc1ccccc1. The Morgan fingerprint density at radius 3 is 2.48 bits per heavy atom. The Hall–Kier alpha value is -2.99. The zero-order chi connectivity index (χ0) is 17.6. The highest BCUT2D eigenvalue weighted by Crippen LogP contribution is 2.13. The van der Waals surface area contributed by atoms with E-state index in [1.807, 2.05) is 30.3 Å². The van der Waals surface area contributed by atoms with E-state index in [9.17, 15) is 14.7 Å². The van der Waals surface area contributed by atoms with Crippen molar-refractivity contribution < 1.29 is 9.90 Å². The number of fused-ring (bicyclic) bond motifs is 1. The molecule has 6 nitrogen and oxygen atoms in total. The van der Waals surface area contributed by atoms with Crippen LogP contribution < -0.4 is 10.9 Å². The van der Waals surface area contributed by atoms with Crippen LogP contribution in [0.1, 0.15) is 11.3 Å². The lowest BCUT2D eigenvalue weighted by Crippen LogP contribution is -2.40. The van der Waals surface area contributed by atoms with Crippen molar-refractivity contribution in [3.05, 3.63) is 76.2 Å². The van der Waals surface area contributed by atoms with E-state index in [4.69, 9.17) is 0 Å². The van der Waals surface area contributed by atoms with E-state index in [0.29, 0.717) is 22.9 Å². The van der Waals surface area contributed by atoms with Crippen LogP contribution in [0, 0.1) is 0 Å². The Morgan fingerprint density at radius 2 is 1.76 bits per heavy atom. The average Bonchev–Trinajstić information content (AvgIpc) is 2.64. The predicted octanol–water partition coefficient (Wildman–Crippen LogP) is 1.19. The molecular weight excluding hydrogens is 318 g/mol. The number of benzene rings is 2. The van der Waals surface area contributed by atoms with Crippen LogP contribution in [-0.2, 0) is 17.6 Å². The summed E-state index contributed by atoms with van der Waals surface area (Å²) in [5, 5.41) is 19.9. The van der Waals surface area contributed by atoms with Crippen LogP contribution in [0.2, 0.25) is 0 Å². The van der Waals surface area contributed by atoms with Crippen LogP contribution in [0.5, 0.6) is 0 Å². The molecule has 0 fully saturated rings. The number of hydrogen-bond acceptors (Lipinski definition) is 4. The number of aromatic amines is 1. The van der Waals surface area contributed by atoms with Crippen molar-refractivity contribution >= 4 is 16.7 Å². The van der Waals surface area contributed by atoms with Gasteiger partial charge < -0.3 is 10.4 Å². The Kier molecular flexibility index (Phi) is 5.20. The summed E-state index contributed by atoms with van der Waals surface area (Å²) in [6, 6.07) is 16.3. The highest BCUT2D eigenvalue weighted by molar-refractivity contribution is 5.88. The van der Waals surface area contributed by atoms with Crippen molar-refractivity contribution in [1.29, 1.82) is 0 Å². The summed E-state index contributed by atoms with van der Waals surface area (Å²) in [6.07, 6.45) is 0.575. The van der Waals surface area contributed by atoms with Gasteiger partial charge in [-0.1, -0.05) is 48.5 Å². The molecule has 0 bridgehead atoms. The first kappa shape index (κ1) is 16.9. The van der Waals surface area contributed by atoms with Gasteiger partial charge >= 0.3 is 0 Å². The van der Waals surface area contributed by atoms with Gasteiger partial charge in [0.2, 0.25) is 5.91 Å². The molecule has 1 unspecified atom stereocenters. The van der Waals surface area contributed by atoms with E-state index >= 15 is 0 Å². The lowest BCUT2D eigenvalue weighted by molar-refractivity contribution is -0.121. The number of nitrogens with zero attached hydrogens (tertiary/aromatic N) is 1. The van der Waals surface area contributed by atoms with Crippen molar-refractivity contribution in [2.45, 2.75) is 18.9 Å². The van der Waals surface area contributed by atoms with Gasteiger partial charge in [-0.25, -0.2) is 5.10 Å². The third-order valence-electron chi connectivity index (χ3n) is 4.01. The second-order valence-electron chi connectivity index (χ2n) is 5.86. The number of rotatable bonds is 6. The predicted molar refractivity (Wildman–Crippen MR) is 95.2 cm³/mol. The van der Waals surface area contributed by atoms with Gasteiger partial charge in [0.25, 0.3) is 5.56 Å². The molecule has 0 saturated heterocycles. The van der Waals surface area contributed by atoms with E-state index in [0.717, 1.165) is 5.56 Å². The fourth-order valence-corrected chi connectivity index (χ4v) is 2.80. The Labute approximate surface area is 144 Å². The molecule has 0 spiro atoms. The maximum absolute atomic E-state index is 12.3. The number of aromatic nitrogens is 2. The number of hydrogen-bond donors (Lipinski definition) is 3. The fraction of sp³-hybridized carbons (Fsp3) is 0.211. The standard InChI is InChI=1S/C19H19N3O3/c23-12-14(10-13-6-2-1-3-7-13)20-18(24)11-17-15-8-4-5-9-16(15)19(25)22-21-17/h1-9,14,23H,10-12H2,(H,20,24)(H,22,25). The van der Waals surface area contributed by atoms with Crippen molar-refractivity contribution in [2.75, 3.05) is 6.61 Å². The van der Waals surface area contributed by atoms with Crippen LogP contribution >= 0.6 is 0 Å². The van der Waals surface area contributed by atoms with Gasteiger partial charge in [-0.2, -0.15) is 5.10 Å². The summed E-state index contributed by atoms with van der Waals surface area (Å²) in [6.45, 7) is -0.152. The zero-order valence-corrected chi connectivity index (χ0v) is 13.6. The molecule has 1 amide bonds. The molecule has 0 saturated carbocycles. The number of carbonyl (C=O) groups excluding carboxylic acids is 1. The highest BCUT2D eigenvalue weighted by atomic mass is 16.3. The molecular formula is C19H19N3O3. The molecule has 1 atom stereocenters. The van der Waals surface area contributed by atoms with Crippen molar-refractivity contribution in [3.63, 3.8) is 0 Å². The average molecular weight is 337 g/mol. The fourth-order valence-electron chi connectivity index (χ4n) is 2.80. The molecule has 3 N–H and O–H groups in total. The molecule has 128 valence electrons.